The molecule has 1 unspecified atom stereocenters. The summed E-state index contributed by atoms with van der Waals surface area (Å²) in [7, 11) is 0. The molecular weight excluding hydrogens is 198 g/mol. The van der Waals surface area contributed by atoms with Crippen LogP contribution in [-0.4, -0.2) is 18.5 Å². The van der Waals surface area contributed by atoms with Gasteiger partial charge in [-0.05, 0) is 5.92 Å². The Balaban J connectivity index is 2.58. The monoisotopic (exact) mass is 217 g/mol. The summed E-state index contributed by atoms with van der Waals surface area (Å²) in [5.41, 5.74) is 0.756. The van der Waals surface area contributed by atoms with E-state index < -0.39 is 0 Å². The van der Waals surface area contributed by atoms with Crippen LogP contribution in [0.25, 0.3) is 0 Å². The van der Waals surface area contributed by atoms with Gasteiger partial charge in [0.25, 0.3) is 0 Å². The number of carbonyl (C=O) groups is 1. The number of aliphatic imine (C=N–C) groups is 1. The Morgan fingerprint density at radius 1 is 1.25 bits per heavy atom. The molecule has 0 saturated carbocycles. The molecule has 0 N–H and O–H groups in total. The Morgan fingerprint density at radius 2 is 1.88 bits per heavy atom. The van der Waals surface area contributed by atoms with Gasteiger partial charge in [0.1, 0.15) is 0 Å². The van der Waals surface area contributed by atoms with E-state index >= 15 is 0 Å². The maximum atomic E-state index is 11.9. The van der Waals surface area contributed by atoms with Crippen molar-refractivity contribution >= 4 is 12.0 Å². The normalized spacial score (nSPS) is 13.2. The van der Waals surface area contributed by atoms with E-state index in [1.165, 1.54) is 0 Å². The van der Waals surface area contributed by atoms with Crippen molar-refractivity contribution in [2.45, 2.75) is 20.8 Å². The third-order valence-corrected chi connectivity index (χ3v) is 2.27. The molecule has 2 heteroatoms. The van der Waals surface area contributed by atoms with Gasteiger partial charge >= 0.3 is 0 Å². The van der Waals surface area contributed by atoms with Gasteiger partial charge in [0.2, 0.25) is 0 Å². The molecule has 2 nitrogen and oxygen atoms in total. The van der Waals surface area contributed by atoms with Crippen LogP contribution in [0.2, 0.25) is 0 Å². The van der Waals surface area contributed by atoms with E-state index in [9.17, 15) is 4.79 Å². The number of hydrogen-bond donors (Lipinski definition) is 0. The molecule has 0 saturated heterocycles. The van der Waals surface area contributed by atoms with E-state index in [-0.39, 0.29) is 11.7 Å². The number of rotatable bonds is 5. The first-order chi connectivity index (χ1) is 7.61. The molecule has 0 fully saturated rings. The van der Waals surface area contributed by atoms with E-state index in [1.54, 1.807) is 6.21 Å². The van der Waals surface area contributed by atoms with Crippen molar-refractivity contribution in [3.8, 4) is 0 Å². The van der Waals surface area contributed by atoms with Crippen molar-refractivity contribution in [3.63, 3.8) is 0 Å². The maximum absolute atomic E-state index is 11.9. The number of carbonyl (C=O) groups excluding carboxylic acids is 1. The van der Waals surface area contributed by atoms with Gasteiger partial charge in [-0.3, -0.25) is 9.79 Å². The molecule has 1 aromatic carbocycles. The van der Waals surface area contributed by atoms with Crippen molar-refractivity contribution in [1.82, 2.24) is 0 Å². The quantitative estimate of drug-likeness (QED) is 0.550. The summed E-state index contributed by atoms with van der Waals surface area (Å²) in [5, 5.41) is 0. The third-order valence-electron chi connectivity index (χ3n) is 2.27. The fourth-order valence-electron chi connectivity index (χ4n) is 1.36. The molecule has 1 rings (SSSR count). The van der Waals surface area contributed by atoms with Crippen LogP contribution in [-0.2, 0) is 0 Å². The van der Waals surface area contributed by atoms with Crippen LogP contribution in [0, 0.1) is 11.8 Å². The van der Waals surface area contributed by atoms with Gasteiger partial charge in [-0.25, -0.2) is 0 Å². The minimum absolute atomic E-state index is 0.133. The third kappa shape index (κ3) is 3.97. The Bertz CT molecular complexity index is 354. The van der Waals surface area contributed by atoms with Crippen LogP contribution < -0.4 is 0 Å². The second-order valence-corrected chi connectivity index (χ2v) is 4.43. The molecule has 0 aliphatic rings. The molecule has 0 aliphatic carbocycles. The van der Waals surface area contributed by atoms with Gasteiger partial charge in [-0.1, -0.05) is 51.1 Å². The molecule has 0 bridgehead atoms. The van der Waals surface area contributed by atoms with Crippen LogP contribution >= 0.6 is 0 Å². The van der Waals surface area contributed by atoms with E-state index in [0.717, 1.165) is 12.1 Å². The van der Waals surface area contributed by atoms with Gasteiger partial charge in [0.15, 0.2) is 5.78 Å². The Hall–Kier alpha value is -1.44. The van der Waals surface area contributed by atoms with Crippen molar-refractivity contribution in [2.75, 3.05) is 6.54 Å². The minimum Gasteiger partial charge on any atom is -0.297 e. The van der Waals surface area contributed by atoms with E-state index in [4.69, 9.17) is 0 Å². The average Bonchev–Trinajstić information content (AvgIpc) is 2.28. The zero-order valence-corrected chi connectivity index (χ0v) is 10.2. The standard InChI is InChI=1S/C14H19NO/c1-11(2)9-15-10-12(3)14(16)13-7-5-4-6-8-13/h4-8,10-12H,9H2,1-3H3. The summed E-state index contributed by atoms with van der Waals surface area (Å²) in [6.07, 6.45) is 1.76. The predicted octanol–water partition coefficient (Wildman–Crippen LogP) is 3.23. The molecule has 0 amide bonds. The molecule has 86 valence electrons. The lowest BCUT2D eigenvalue weighted by atomic mass is 10.0. The number of ketones is 1. The molecule has 1 aromatic rings. The Labute approximate surface area is 97.4 Å². The molecule has 0 spiro atoms. The lowest BCUT2D eigenvalue weighted by molar-refractivity contribution is 0.0963. The van der Waals surface area contributed by atoms with Gasteiger partial charge < -0.3 is 0 Å². The lowest BCUT2D eigenvalue weighted by Crippen LogP contribution is -2.13. The molecular formula is C14H19NO. The van der Waals surface area contributed by atoms with Gasteiger partial charge in [-0.15, -0.1) is 0 Å². The molecule has 1 atom stereocenters. The summed E-state index contributed by atoms with van der Waals surface area (Å²) in [5.74, 6) is 0.532. The number of Topliss-reactive ketones (excluding diaryl/α,β-unsaturated/α-hetero) is 1. The average molecular weight is 217 g/mol. The van der Waals surface area contributed by atoms with E-state index in [0.29, 0.717) is 5.92 Å². The smallest absolute Gasteiger partial charge is 0.170 e. The SMILES string of the molecule is CC(C)CN=CC(C)C(=O)c1ccccc1. The van der Waals surface area contributed by atoms with Crippen LogP contribution in [0.3, 0.4) is 0 Å². The Kier molecular flexibility index (Phi) is 4.90. The zero-order valence-electron chi connectivity index (χ0n) is 10.2. The highest BCUT2D eigenvalue weighted by Gasteiger charge is 2.11. The topological polar surface area (TPSA) is 29.4 Å². The van der Waals surface area contributed by atoms with Crippen molar-refractivity contribution in [1.29, 1.82) is 0 Å². The predicted molar refractivity (Wildman–Crippen MR) is 68.1 cm³/mol. The second kappa shape index (κ2) is 6.21. The first kappa shape index (κ1) is 12.6. The minimum atomic E-state index is -0.138. The van der Waals surface area contributed by atoms with Crippen molar-refractivity contribution < 1.29 is 4.79 Å². The molecule has 0 radical (unpaired) electrons. The molecule has 16 heavy (non-hydrogen) atoms. The van der Waals surface area contributed by atoms with Crippen LogP contribution in [0.5, 0.6) is 0 Å². The van der Waals surface area contributed by atoms with Crippen LogP contribution in [0.15, 0.2) is 35.3 Å². The zero-order chi connectivity index (χ0) is 12.0. The van der Waals surface area contributed by atoms with Gasteiger partial charge in [0, 0.05) is 18.3 Å². The number of hydrogen-bond acceptors (Lipinski definition) is 2. The largest absolute Gasteiger partial charge is 0.297 e. The van der Waals surface area contributed by atoms with E-state index in [2.05, 4.69) is 18.8 Å². The summed E-state index contributed by atoms with van der Waals surface area (Å²) >= 11 is 0. The fourth-order valence-corrected chi connectivity index (χ4v) is 1.36. The highest BCUT2D eigenvalue weighted by molar-refractivity contribution is 6.05. The molecule has 0 heterocycles. The van der Waals surface area contributed by atoms with Crippen molar-refractivity contribution in [3.05, 3.63) is 35.9 Å². The van der Waals surface area contributed by atoms with Crippen LogP contribution in [0.1, 0.15) is 31.1 Å². The summed E-state index contributed by atoms with van der Waals surface area (Å²) in [4.78, 5) is 16.2. The maximum Gasteiger partial charge on any atom is 0.170 e. The Morgan fingerprint density at radius 3 is 2.44 bits per heavy atom. The summed E-state index contributed by atoms with van der Waals surface area (Å²) in [6.45, 7) is 6.90. The molecule has 0 aliphatic heterocycles. The highest BCUT2D eigenvalue weighted by atomic mass is 16.1. The number of benzene rings is 1. The first-order valence-corrected chi connectivity index (χ1v) is 5.70. The summed E-state index contributed by atoms with van der Waals surface area (Å²) in [6, 6.07) is 9.36. The van der Waals surface area contributed by atoms with E-state index in [1.807, 2.05) is 37.3 Å². The van der Waals surface area contributed by atoms with Crippen molar-refractivity contribution in [2.24, 2.45) is 16.8 Å². The first-order valence-electron chi connectivity index (χ1n) is 5.70. The fraction of sp³-hybridized carbons (Fsp3) is 0.429. The van der Waals surface area contributed by atoms with Gasteiger partial charge in [0.05, 0.1) is 5.92 Å². The lowest BCUT2D eigenvalue weighted by Gasteiger charge is -2.05. The highest BCUT2D eigenvalue weighted by Crippen LogP contribution is 2.07. The number of nitrogens with zero attached hydrogens (tertiary/aromatic N) is 1. The van der Waals surface area contributed by atoms with Gasteiger partial charge in [-0.2, -0.15) is 0 Å². The second-order valence-electron chi connectivity index (χ2n) is 4.43. The molecule has 0 aromatic heterocycles. The summed E-state index contributed by atoms with van der Waals surface area (Å²) < 4.78 is 0. The van der Waals surface area contributed by atoms with Crippen LogP contribution in [0.4, 0.5) is 0 Å².